The molecule has 0 unspecified atom stereocenters. The van der Waals surface area contributed by atoms with E-state index in [1.54, 1.807) is 36.4 Å². The molecule has 31 heavy (non-hydrogen) atoms. The Balaban J connectivity index is 1.53. The smallest absolute Gasteiger partial charge is 0.338 e. The molecule has 0 fully saturated rings. The molecule has 1 aromatic heterocycles. The molecule has 3 rings (SSSR count). The fourth-order valence-electron chi connectivity index (χ4n) is 2.52. The van der Waals surface area contributed by atoms with Crippen molar-refractivity contribution < 1.29 is 14.3 Å². The van der Waals surface area contributed by atoms with Gasteiger partial charge in [-0.1, -0.05) is 55.9 Å². The number of thioether (sulfide) groups is 1. The van der Waals surface area contributed by atoms with Crippen LogP contribution >= 0.6 is 11.8 Å². The molecule has 0 aliphatic carbocycles. The maximum atomic E-state index is 12.2. The number of H-pyrrole nitrogens is 1. The van der Waals surface area contributed by atoms with Crippen molar-refractivity contribution >= 4 is 29.3 Å². The molecule has 1 heterocycles. The molecule has 0 saturated heterocycles. The van der Waals surface area contributed by atoms with Crippen LogP contribution in [-0.4, -0.2) is 39.4 Å². The van der Waals surface area contributed by atoms with E-state index in [4.69, 9.17) is 4.74 Å². The highest BCUT2D eigenvalue weighted by Gasteiger charge is 2.11. The number of benzene rings is 2. The Bertz CT molecular complexity index is 1100. The molecule has 0 aliphatic heterocycles. The van der Waals surface area contributed by atoms with Crippen molar-refractivity contribution in [3.63, 3.8) is 0 Å². The summed E-state index contributed by atoms with van der Waals surface area (Å²) in [6.45, 7) is 4.28. The number of carbonyl (C=O) groups is 2. The van der Waals surface area contributed by atoms with E-state index in [-0.39, 0.29) is 34.0 Å². The predicted octanol–water partition coefficient (Wildman–Crippen LogP) is 3.38. The summed E-state index contributed by atoms with van der Waals surface area (Å²) in [6.07, 6.45) is 0. The van der Waals surface area contributed by atoms with E-state index in [1.165, 1.54) is 0 Å². The van der Waals surface area contributed by atoms with Crippen LogP contribution in [0.15, 0.2) is 64.5 Å². The van der Waals surface area contributed by atoms with Crippen LogP contribution in [0, 0.1) is 5.92 Å². The Hall–Kier alpha value is -3.46. The number of carbonyl (C=O) groups excluding carboxylic acids is 2. The highest BCUT2D eigenvalue weighted by atomic mass is 32.2. The zero-order valence-corrected chi connectivity index (χ0v) is 17.9. The minimum atomic E-state index is -0.399. The third kappa shape index (κ3) is 6.51. The summed E-state index contributed by atoms with van der Waals surface area (Å²) in [7, 11) is 0. The van der Waals surface area contributed by atoms with Gasteiger partial charge in [0.25, 0.3) is 5.56 Å². The molecular weight excluding hydrogens is 416 g/mol. The fraction of sp³-hybridized carbons (Fsp3) is 0.227. The van der Waals surface area contributed by atoms with Crippen molar-refractivity contribution in [2.24, 2.45) is 5.92 Å². The fourth-order valence-corrected chi connectivity index (χ4v) is 3.12. The summed E-state index contributed by atoms with van der Waals surface area (Å²) in [5.74, 6) is -0.388. The highest BCUT2D eigenvalue weighted by Crippen LogP contribution is 2.16. The first-order valence-corrected chi connectivity index (χ1v) is 10.6. The molecule has 0 saturated carbocycles. The van der Waals surface area contributed by atoms with Gasteiger partial charge in [-0.05, 0) is 30.2 Å². The number of hydrogen-bond acceptors (Lipinski definition) is 7. The lowest BCUT2D eigenvalue weighted by molar-refractivity contribution is -0.113. The number of aromatic nitrogens is 3. The van der Waals surface area contributed by atoms with Crippen molar-refractivity contribution in [3.8, 4) is 11.3 Å². The van der Waals surface area contributed by atoms with Gasteiger partial charge in [0.15, 0.2) is 10.9 Å². The van der Waals surface area contributed by atoms with Crippen LogP contribution in [0.25, 0.3) is 11.3 Å². The highest BCUT2D eigenvalue weighted by molar-refractivity contribution is 7.99. The molecular formula is C22H22N4O4S. The van der Waals surface area contributed by atoms with Gasteiger partial charge in [-0.15, -0.1) is 10.2 Å². The van der Waals surface area contributed by atoms with Crippen LogP contribution in [-0.2, 0) is 9.53 Å². The lowest BCUT2D eigenvalue weighted by Gasteiger charge is -2.08. The van der Waals surface area contributed by atoms with E-state index in [0.29, 0.717) is 23.4 Å². The second kappa shape index (κ2) is 10.5. The molecule has 3 aromatic rings. The van der Waals surface area contributed by atoms with Crippen LogP contribution in [0.3, 0.4) is 0 Å². The van der Waals surface area contributed by atoms with Crippen molar-refractivity contribution in [3.05, 3.63) is 70.5 Å². The van der Waals surface area contributed by atoms with Crippen LogP contribution in [0.5, 0.6) is 0 Å². The second-order valence-corrected chi connectivity index (χ2v) is 8.04. The minimum Gasteiger partial charge on any atom is -0.462 e. The summed E-state index contributed by atoms with van der Waals surface area (Å²) >= 11 is 1.07. The molecule has 1 amide bonds. The number of ether oxygens (including phenoxy) is 1. The van der Waals surface area contributed by atoms with Crippen LogP contribution < -0.4 is 10.9 Å². The molecule has 2 aromatic carbocycles. The topological polar surface area (TPSA) is 114 Å². The Labute approximate surface area is 183 Å². The number of esters is 1. The Morgan fingerprint density at radius 3 is 2.42 bits per heavy atom. The van der Waals surface area contributed by atoms with Crippen LogP contribution in [0.2, 0.25) is 0 Å². The molecule has 0 atom stereocenters. The Morgan fingerprint density at radius 2 is 1.77 bits per heavy atom. The molecule has 0 bridgehead atoms. The summed E-state index contributed by atoms with van der Waals surface area (Å²) in [6, 6.07) is 15.5. The largest absolute Gasteiger partial charge is 0.462 e. The van der Waals surface area contributed by atoms with Crippen molar-refractivity contribution in [1.29, 1.82) is 0 Å². The van der Waals surface area contributed by atoms with Gasteiger partial charge < -0.3 is 10.1 Å². The summed E-state index contributed by atoms with van der Waals surface area (Å²) in [4.78, 5) is 39.0. The summed E-state index contributed by atoms with van der Waals surface area (Å²) in [5, 5.41) is 10.9. The first kappa shape index (κ1) is 22.2. The minimum absolute atomic E-state index is 0.0352. The van der Waals surface area contributed by atoms with Gasteiger partial charge in [0, 0.05) is 11.3 Å². The van der Waals surface area contributed by atoms with Crippen LogP contribution in [0.4, 0.5) is 5.69 Å². The van der Waals surface area contributed by atoms with E-state index in [2.05, 4.69) is 20.5 Å². The third-order valence-electron chi connectivity index (χ3n) is 4.02. The second-order valence-electron chi connectivity index (χ2n) is 7.08. The zero-order valence-electron chi connectivity index (χ0n) is 17.1. The monoisotopic (exact) mass is 438 g/mol. The first-order chi connectivity index (χ1) is 14.9. The maximum Gasteiger partial charge on any atom is 0.338 e. The molecule has 0 spiro atoms. The summed E-state index contributed by atoms with van der Waals surface area (Å²) in [5.41, 5.74) is 1.48. The number of anilines is 1. The number of amides is 1. The molecule has 160 valence electrons. The van der Waals surface area contributed by atoms with E-state index < -0.39 is 5.97 Å². The quantitative estimate of drug-likeness (QED) is 0.409. The lowest BCUT2D eigenvalue weighted by Crippen LogP contribution is -2.17. The number of aromatic amines is 1. The Kier molecular flexibility index (Phi) is 7.55. The van der Waals surface area contributed by atoms with E-state index in [1.807, 2.05) is 32.0 Å². The zero-order chi connectivity index (χ0) is 22.2. The molecule has 0 aliphatic rings. The van der Waals surface area contributed by atoms with Gasteiger partial charge in [-0.25, -0.2) is 4.79 Å². The lowest BCUT2D eigenvalue weighted by atomic mass is 10.2. The number of nitrogens with one attached hydrogen (secondary N) is 2. The number of rotatable bonds is 8. The van der Waals surface area contributed by atoms with Gasteiger partial charge in [0.1, 0.15) is 0 Å². The van der Waals surface area contributed by atoms with Crippen LogP contribution in [0.1, 0.15) is 24.2 Å². The molecule has 2 N–H and O–H groups in total. The van der Waals surface area contributed by atoms with Gasteiger partial charge in [-0.2, -0.15) is 0 Å². The molecule has 8 nitrogen and oxygen atoms in total. The van der Waals surface area contributed by atoms with Gasteiger partial charge in [0.05, 0.1) is 17.9 Å². The van der Waals surface area contributed by atoms with Crippen molar-refractivity contribution in [2.75, 3.05) is 17.7 Å². The Morgan fingerprint density at radius 1 is 1.06 bits per heavy atom. The van der Waals surface area contributed by atoms with E-state index >= 15 is 0 Å². The average Bonchev–Trinajstić information content (AvgIpc) is 2.77. The van der Waals surface area contributed by atoms with E-state index in [9.17, 15) is 14.4 Å². The number of hydrogen-bond donors (Lipinski definition) is 2. The summed E-state index contributed by atoms with van der Waals surface area (Å²) < 4.78 is 5.17. The van der Waals surface area contributed by atoms with E-state index in [0.717, 1.165) is 11.8 Å². The molecule has 9 heteroatoms. The van der Waals surface area contributed by atoms with Crippen molar-refractivity contribution in [2.45, 2.75) is 19.0 Å². The van der Waals surface area contributed by atoms with Gasteiger partial charge in [0.2, 0.25) is 5.91 Å². The SMILES string of the molecule is CC(C)COC(=O)c1ccc(NC(=O)CSc2nnc(-c3ccccc3)c(=O)[nH]2)cc1. The number of nitrogens with zero attached hydrogens (tertiary/aromatic N) is 2. The van der Waals surface area contributed by atoms with Gasteiger partial charge >= 0.3 is 5.97 Å². The maximum absolute atomic E-state index is 12.2. The first-order valence-electron chi connectivity index (χ1n) is 9.64. The normalized spacial score (nSPS) is 10.7. The van der Waals surface area contributed by atoms with Gasteiger partial charge in [-0.3, -0.25) is 14.6 Å². The standard InChI is InChI=1S/C22H22N4O4S/c1-14(2)12-30-21(29)16-8-10-17(11-9-16)23-18(27)13-31-22-24-20(28)19(25-26-22)15-6-4-3-5-7-15/h3-11,14H,12-13H2,1-2H3,(H,23,27)(H,24,26,28). The van der Waals surface area contributed by atoms with Crippen molar-refractivity contribution in [1.82, 2.24) is 15.2 Å². The average molecular weight is 439 g/mol. The predicted molar refractivity (Wildman–Crippen MR) is 119 cm³/mol. The molecule has 0 radical (unpaired) electrons. The third-order valence-corrected chi connectivity index (χ3v) is 4.88.